The number of nitrogens with zero attached hydrogens (tertiary/aromatic N) is 1. The highest BCUT2D eigenvalue weighted by atomic mass is 19.1. The third-order valence-electron chi connectivity index (χ3n) is 4.39. The molecule has 20 heavy (non-hydrogen) atoms. The van der Waals surface area contributed by atoms with Crippen molar-refractivity contribution in [2.24, 2.45) is 11.8 Å². The first-order valence-corrected chi connectivity index (χ1v) is 7.70. The fraction of sp³-hybridized carbons (Fsp3) is 0.647. The van der Waals surface area contributed by atoms with Crippen LogP contribution in [0.5, 0.6) is 0 Å². The van der Waals surface area contributed by atoms with Gasteiger partial charge in [-0.2, -0.15) is 0 Å². The van der Waals surface area contributed by atoms with E-state index in [2.05, 4.69) is 37.9 Å². The van der Waals surface area contributed by atoms with Gasteiger partial charge < -0.3 is 5.32 Å². The normalized spacial score (nSPS) is 24.6. The Morgan fingerprint density at radius 3 is 2.50 bits per heavy atom. The molecule has 0 amide bonds. The molecule has 1 aromatic carbocycles. The Kier molecular flexibility index (Phi) is 5.17. The first-order valence-electron chi connectivity index (χ1n) is 7.70. The number of piperazine rings is 1. The van der Waals surface area contributed by atoms with Crippen molar-refractivity contribution >= 4 is 0 Å². The second-order valence-electron chi connectivity index (χ2n) is 6.59. The van der Waals surface area contributed by atoms with E-state index in [1.54, 1.807) is 12.1 Å². The van der Waals surface area contributed by atoms with E-state index >= 15 is 0 Å². The molecule has 1 N–H and O–H groups in total. The predicted octanol–water partition coefficient (Wildman–Crippen LogP) is 3.28. The van der Waals surface area contributed by atoms with E-state index in [0.717, 1.165) is 18.7 Å². The van der Waals surface area contributed by atoms with Crippen molar-refractivity contribution in [1.29, 1.82) is 0 Å². The van der Waals surface area contributed by atoms with Gasteiger partial charge in [-0.3, -0.25) is 4.90 Å². The highest BCUT2D eigenvalue weighted by Crippen LogP contribution is 2.21. The number of nitrogens with one attached hydrogen (secondary N) is 1. The van der Waals surface area contributed by atoms with Gasteiger partial charge in [-0.25, -0.2) is 4.39 Å². The van der Waals surface area contributed by atoms with Gasteiger partial charge in [0.1, 0.15) is 5.82 Å². The Morgan fingerprint density at radius 1 is 1.20 bits per heavy atom. The number of halogens is 1. The van der Waals surface area contributed by atoms with Crippen molar-refractivity contribution in [3.05, 3.63) is 35.6 Å². The molecule has 1 fully saturated rings. The SMILES string of the molecule is CC(C)C1CN(Cc2ccccc2F)C(C(C)C)CN1. The first-order chi connectivity index (χ1) is 9.49. The third kappa shape index (κ3) is 3.58. The first kappa shape index (κ1) is 15.5. The Labute approximate surface area is 122 Å². The van der Waals surface area contributed by atoms with Gasteiger partial charge in [0.25, 0.3) is 0 Å². The average Bonchev–Trinajstić information content (AvgIpc) is 2.41. The Bertz CT molecular complexity index is 431. The number of rotatable bonds is 4. The summed E-state index contributed by atoms with van der Waals surface area (Å²) in [6, 6.07) is 8.11. The lowest BCUT2D eigenvalue weighted by molar-refractivity contribution is 0.0774. The molecule has 1 aliphatic heterocycles. The minimum Gasteiger partial charge on any atom is -0.311 e. The van der Waals surface area contributed by atoms with Crippen LogP contribution in [0.4, 0.5) is 4.39 Å². The van der Waals surface area contributed by atoms with Gasteiger partial charge in [-0.1, -0.05) is 45.9 Å². The molecular weight excluding hydrogens is 251 g/mol. The molecule has 0 bridgehead atoms. The molecule has 3 heteroatoms. The van der Waals surface area contributed by atoms with Crippen molar-refractivity contribution < 1.29 is 4.39 Å². The molecule has 1 aromatic rings. The minimum absolute atomic E-state index is 0.0883. The van der Waals surface area contributed by atoms with Crippen LogP contribution in [0, 0.1) is 17.7 Å². The van der Waals surface area contributed by atoms with Gasteiger partial charge in [0, 0.05) is 37.3 Å². The van der Waals surface area contributed by atoms with E-state index in [1.807, 2.05) is 12.1 Å². The van der Waals surface area contributed by atoms with Crippen LogP contribution in [0.15, 0.2) is 24.3 Å². The molecule has 1 aliphatic rings. The van der Waals surface area contributed by atoms with Gasteiger partial charge >= 0.3 is 0 Å². The summed E-state index contributed by atoms with van der Waals surface area (Å²) < 4.78 is 13.9. The topological polar surface area (TPSA) is 15.3 Å². The number of hydrogen-bond donors (Lipinski definition) is 1. The van der Waals surface area contributed by atoms with Gasteiger partial charge in [0.2, 0.25) is 0 Å². The Balaban J connectivity index is 2.13. The largest absolute Gasteiger partial charge is 0.311 e. The Hall–Kier alpha value is -0.930. The lowest BCUT2D eigenvalue weighted by Crippen LogP contribution is -2.59. The molecule has 2 rings (SSSR count). The van der Waals surface area contributed by atoms with Gasteiger partial charge in [0.15, 0.2) is 0 Å². The smallest absolute Gasteiger partial charge is 0.127 e. The maximum absolute atomic E-state index is 13.9. The summed E-state index contributed by atoms with van der Waals surface area (Å²) >= 11 is 0. The van der Waals surface area contributed by atoms with Crippen LogP contribution >= 0.6 is 0 Å². The number of hydrogen-bond acceptors (Lipinski definition) is 2. The standard InChI is InChI=1S/C17H27FN2/c1-12(2)16-11-20(17(9-19-16)13(3)4)10-14-7-5-6-8-15(14)18/h5-8,12-13,16-17,19H,9-11H2,1-4H3. The molecule has 2 nitrogen and oxygen atoms in total. The van der Waals surface area contributed by atoms with E-state index in [0.29, 0.717) is 30.5 Å². The lowest BCUT2D eigenvalue weighted by atomic mass is 9.93. The molecule has 0 aliphatic carbocycles. The van der Waals surface area contributed by atoms with E-state index < -0.39 is 0 Å². The second-order valence-corrected chi connectivity index (χ2v) is 6.59. The van der Waals surface area contributed by atoms with Crippen molar-refractivity contribution in [3.63, 3.8) is 0 Å². The van der Waals surface area contributed by atoms with Crippen molar-refractivity contribution in [2.45, 2.75) is 46.3 Å². The second kappa shape index (κ2) is 6.68. The summed E-state index contributed by atoms with van der Waals surface area (Å²) in [6.45, 7) is 11.7. The van der Waals surface area contributed by atoms with Crippen LogP contribution in [0.3, 0.4) is 0 Å². The van der Waals surface area contributed by atoms with Crippen LogP contribution in [0.25, 0.3) is 0 Å². The fourth-order valence-electron chi connectivity index (χ4n) is 2.98. The molecule has 2 unspecified atom stereocenters. The summed E-state index contributed by atoms with van der Waals surface area (Å²) in [6.07, 6.45) is 0. The molecule has 2 atom stereocenters. The minimum atomic E-state index is -0.0883. The van der Waals surface area contributed by atoms with Crippen LogP contribution < -0.4 is 5.32 Å². The Morgan fingerprint density at radius 2 is 1.90 bits per heavy atom. The zero-order chi connectivity index (χ0) is 14.7. The molecule has 112 valence electrons. The molecule has 0 radical (unpaired) electrons. The van der Waals surface area contributed by atoms with Crippen LogP contribution in [-0.4, -0.2) is 30.1 Å². The quantitative estimate of drug-likeness (QED) is 0.909. The van der Waals surface area contributed by atoms with Crippen LogP contribution in [0.2, 0.25) is 0 Å². The average molecular weight is 278 g/mol. The highest BCUT2D eigenvalue weighted by Gasteiger charge is 2.31. The van der Waals surface area contributed by atoms with E-state index in [1.165, 1.54) is 0 Å². The summed E-state index contributed by atoms with van der Waals surface area (Å²) in [5, 5.41) is 3.64. The van der Waals surface area contributed by atoms with Crippen molar-refractivity contribution in [1.82, 2.24) is 10.2 Å². The highest BCUT2D eigenvalue weighted by molar-refractivity contribution is 5.17. The molecular formula is C17H27FN2. The molecule has 0 saturated carbocycles. The monoisotopic (exact) mass is 278 g/mol. The zero-order valence-corrected chi connectivity index (χ0v) is 13.1. The third-order valence-corrected chi connectivity index (χ3v) is 4.39. The summed E-state index contributed by atoms with van der Waals surface area (Å²) in [5.41, 5.74) is 0.808. The summed E-state index contributed by atoms with van der Waals surface area (Å²) in [4.78, 5) is 2.45. The summed E-state index contributed by atoms with van der Waals surface area (Å²) in [5.74, 6) is 1.09. The molecule has 1 saturated heterocycles. The fourth-order valence-corrected chi connectivity index (χ4v) is 2.98. The summed E-state index contributed by atoms with van der Waals surface area (Å²) in [7, 11) is 0. The molecule has 1 heterocycles. The molecule has 0 aromatic heterocycles. The molecule has 0 spiro atoms. The van der Waals surface area contributed by atoms with Crippen molar-refractivity contribution in [3.8, 4) is 0 Å². The van der Waals surface area contributed by atoms with E-state index in [4.69, 9.17) is 0 Å². The maximum atomic E-state index is 13.9. The predicted molar refractivity (Wildman–Crippen MR) is 82.1 cm³/mol. The lowest BCUT2D eigenvalue weighted by Gasteiger charge is -2.43. The van der Waals surface area contributed by atoms with E-state index in [-0.39, 0.29) is 5.82 Å². The van der Waals surface area contributed by atoms with Gasteiger partial charge in [-0.05, 0) is 17.9 Å². The van der Waals surface area contributed by atoms with Gasteiger partial charge in [-0.15, -0.1) is 0 Å². The maximum Gasteiger partial charge on any atom is 0.127 e. The van der Waals surface area contributed by atoms with Gasteiger partial charge in [0.05, 0.1) is 0 Å². The van der Waals surface area contributed by atoms with E-state index in [9.17, 15) is 4.39 Å². The number of benzene rings is 1. The van der Waals surface area contributed by atoms with Crippen molar-refractivity contribution in [2.75, 3.05) is 13.1 Å². The van der Waals surface area contributed by atoms with Crippen LogP contribution in [-0.2, 0) is 6.54 Å². The zero-order valence-electron chi connectivity index (χ0n) is 13.1. The van der Waals surface area contributed by atoms with Crippen LogP contribution in [0.1, 0.15) is 33.3 Å².